The summed E-state index contributed by atoms with van der Waals surface area (Å²) >= 11 is 0. The van der Waals surface area contributed by atoms with Gasteiger partial charge < -0.3 is 14.6 Å². The lowest BCUT2D eigenvalue weighted by atomic mass is 10.2. The molecule has 3 aromatic rings. The van der Waals surface area contributed by atoms with Crippen molar-refractivity contribution < 1.29 is 23.4 Å². The molecule has 24 heavy (non-hydrogen) atoms. The van der Waals surface area contributed by atoms with E-state index < -0.39 is 17.4 Å². The number of nitrogens with zero attached hydrogens (tertiary/aromatic N) is 2. The van der Waals surface area contributed by atoms with Gasteiger partial charge in [0.25, 0.3) is 0 Å². The molecule has 0 amide bonds. The van der Waals surface area contributed by atoms with Crippen LogP contribution in [0.5, 0.6) is 23.1 Å². The SMILES string of the molecule is COc1cc(Oc2ccnc(-c3cccc(O)c3F)n2)ccc1F. The zero-order valence-corrected chi connectivity index (χ0v) is 12.5. The second kappa shape index (κ2) is 6.49. The summed E-state index contributed by atoms with van der Waals surface area (Å²) in [7, 11) is 1.34. The molecule has 122 valence electrons. The van der Waals surface area contributed by atoms with Crippen LogP contribution in [0.2, 0.25) is 0 Å². The fraction of sp³-hybridized carbons (Fsp3) is 0.0588. The van der Waals surface area contributed by atoms with Gasteiger partial charge in [0.1, 0.15) is 5.75 Å². The van der Waals surface area contributed by atoms with Crippen molar-refractivity contribution in [3.63, 3.8) is 0 Å². The van der Waals surface area contributed by atoms with E-state index in [2.05, 4.69) is 9.97 Å². The molecule has 3 rings (SSSR count). The van der Waals surface area contributed by atoms with Gasteiger partial charge in [0.05, 0.1) is 12.7 Å². The van der Waals surface area contributed by atoms with Crippen LogP contribution in [0.3, 0.4) is 0 Å². The van der Waals surface area contributed by atoms with Gasteiger partial charge >= 0.3 is 0 Å². The number of hydrogen-bond acceptors (Lipinski definition) is 5. The Morgan fingerprint density at radius 2 is 1.92 bits per heavy atom. The maximum Gasteiger partial charge on any atom is 0.222 e. The van der Waals surface area contributed by atoms with Crippen LogP contribution in [0.4, 0.5) is 8.78 Å². The Morgan fingerprint density at radius 1 is 1.08 bits per heavy atom. The van der Waals surface area contributed by atoms with Crippen LogP contribution in [0.1, 0.15) is 0 Å². The van der Waals surface area contributed by atoms with E-state index >= 15 is 0 Å². The number of benzene rings is 2. The minimum atomic E-state index is -0.821. The van der Waals surface area contributed by atoms with Crippen molar-refractivity contribution in [2.45, 2.75) is 0 Å². The second-order valence-electron chi connectivity index (χ2n) is 4.76. The smallest absolute Gasteiger partial charge is 0.222 e. The zero-order chi connectivity index (χ0) is 17.1. The number of ether oxygens (including phenoxy) is 2. The summed E-state index contributed by atoms with van der Waals surface area (Å²) in [6.07, 6.45) is 1.39. The Bertz CT molecular complexity index is 887. The molecular formula is C17H12F2N2O3. The van der Waals surface area contributed by atoms with Crippen molar-refractivity contribution in [2.24, 2.45) is 0 Å². The number of halogens is 2. The number of rotatable bonds is 4. The van der Waals surface area contributed by atoms with E-state index in [1.165, 1.54) is 55.8 Å². The first-order chi connectivity index (χ1) is 11.6. The van der Waals surface area contributed by atoms with Crippen molar-refractivity contribution in [3.8, 4) is 34.5 Å². The van der Waals surface area contributed by atoms with E-state index in [0.29, 0.717) is 5.75 Å². The molecule has 5 nitrogen and oxygen atoms in total. The third-order valence-electron chi connectivity index (χ3n) is 3.19. The predicted octanol–water partition coefficient (Wildman–Crippen LogP) is 3.93. The highest BCUT2D eigenvalue weighted by molar-refractivity contribution is 5.59. The lowest BCUT2D eigenvalue weighted by Crippen LogP contribution is -1.96. The van der Waals surface area contributed by atoms with Crippen LogP contribution in [-0.4, -0.2) is 22.2 Å². The molecule has 0 saturated carbocycles. The van der Waals surface area contributed by atoms with E-state index in [0.717, 1.165) is 0 Å². The molecule has 0 aliphatic carbocycles. The topological polar surface area (TPSA) is 64.5 Å². The molecule has 0 bridgehead atoms. The largest absolute Gasteiger partial charge is 0.505 e. The maximum absolute atomic E-state index is 14.0. The molecule has 7 heteroatoms. The first-order valence-corrected chi connectivity index (χ1v) is 6.91. The van der Waals surface area contributed by atoms with E-state index in [-0.39, 0.29) is 23.0 Å². The summed E-state index contributed by atoms with van der Waals surface area (Å²) in [5.41, 5.74) is 0.0390. The standard InChI is InChI=1S/C17H12F2N2O3/c1-23-14-9-10(5-6-12(14)18)24-15-7-8-20-17(21-15)11-3-2-4-13(22)16(11)19/h2-9,22H,1H3. The zero-order valence-electron chi connectivity index (χ0n) is 12.5. The summed E-state index contributed by atoms with van der Waals surface area (Å²) in [5, 5.41) is 9.44. The van der Waals surface area contributed by atoms with Gasteiger partial charge in [0.2, 0.25) is 5.88 Å². The van der Waals surface area contributed by atoms with Crippen molar-refractivity contribution >= 4 is 0 Å². The van der Waals surface area contributed by atoms with Crippen molar-refractivity contribution in [3.05, 3.63) is 60.3 Å². The summed E-state index contributed by atoms with van der Waals surface area (Å²) < 4.78 is 37.8. The molecule has 0 unspecified atom stereocenters. The Labute approximate surface area is 136 Å². The lowest BCUT2D eigenvalue weighted by molar-refractivity contribution is 0.380. The third kappa shape index (κ3) is 3.10. The fourth-order valence-electron chi connectivity index (χ4n) is 2.05. The van der Waals surface area contributed by atoms with Crippen LogP contribution in [0.25, 0.3) is 11.4 Å². The molecule has 1 heterocycles. The van der Waals surface area contributed by atoms with Crippen LogP contribution in [0, 0.1) is 11.6 Å². The van der Waals surface area contributed by atoms with Crippen molar-refractivity contribution in [1.29, 1.82) is 0 Å². The van der Waals surface area contributed by atoms with Gasteiger partial charge in [-0.15, -0.1) is 0 Å². The summed E-state index contributed by atoms with van der Waals surface area (Å²) in [6, 6.07) is 9.60. The number of phenolic OH excluding ortho intramolecular Hbond substituents is 1. The summed E-state index contributed by atoms with van der Waals surface area (Å²) in [4.78, 5) is 8.07. The number of hydrogen-bond donors (Lipinski definition) is 1. The molecule has 0 atom stereocenters. The van der Waals surface area contributed by atoms with E-state index in [1.54, 1.807) is 0 Å². The van der Waals surface area contributed by atoms with E-state index in [4.69, 9.17) is 9.47 Å². The Balaban J connectivity index is 1.92. The molecule has 1 N–H and O–H groups in total. The maximum atomic E-state index is 14.0. The molecule has 0 saturated heterocycles. The molecule has 1 aromatic heterocycles. The molecular weight excluding hydrogens is 318 g/mol. The van der Waals surface area contributed by atoms with Gasteiger partial charge in [-0.25, -0.2) is 13.8 Å². The predicted molar refractivity (Wildman–Crippen MR) is 82.1 cm³/mol. The van der Waals surface area contributed by atoms with Gasteiger partial charge in [0.15, 0.2) is 29.0 Å². The highest BCUT2D eigenvalue weighted by Gasteiger charge is 2.13. The van der Waals surface area contributed by atoms with Gasteiger partial charge in [-0.1, -0.05) is 6.07 Å². The van der Waals surface area contributed by atoms with Crippen LogP contribution in [-0.2, 0) is 0 Å². The summed E-state index contributed by atoms with van der Waals surface area (Å²) in [6.45, 7) is 0. The molecule has 0 aliphatic rings. The minimum absolute atomic E-state index is 0.0285. The average Bonchev–Trinajstić information content (AvgIpc) is 2.59. The minimum Gasteiger partial charge on any atom is -0.505 e. The summed E-state index contributed by atoms with van der Waals surface area (Å²) in [5.74, 6) is -1.32. The molecule has 2 aromatic carbocycles. The molecule has 0 aliphatic heterocycles. The van der Waals surface area contributed by atoms with Crippen molar-refractivity contribution in [1.82, 2.24) is 9.97 Å². The highest BCUT2D eigenvalue weighted by atomic mass is 19.1. The Morgan fingerprint density at radius 3 is 2.71 bits per heavy atom. The quantitative estimate of drug-likeness (QED) is 0.785. The molecule has 0 radical (unpaired) electrons. The fourth-order valence-corrected chi connectivity index (χ4v) is 2.05. The first kappa shape index (κ1) is 15.7. The normalized spacial score (nSPS) is 10.5. The number of methoxy groups -OCH3 is 1. The number of aromatic hydroxyl groups is 1. The van der Waals surface area contributed by atoms with Crippen LogP contribution >= 0.6 is 0 Å². The van der Waals surface area contributed by atoms with E-state index in [1.807, 2.05) is 0 Å². The van der Waals surface area contributed by atoms with Crippen molar-refractivity contribution in [2.75, 3.05) is 7.11 Å². The lowest BCUT2D eigenvalue weighted by Gasteiger charge is -2.09. The van der Waals surface area contributed by atoms with Crippen LogP contribution < -0.4 is 9.47 Å². The average molecular weight is 330 g/mol. The van der Waals surface area contributed by atoms with E-state index in [9.17, 15) is 13.9 Å². The van der Waals surface area contributed by atoms with Crippen LogP contribution in [0.15, 0.2) is 48.7 Å². The second-order valence-corrected chi connectivity index (χ2v) is 4.76. The van der Waals surface area contributed by atoms with Gasteiger partial charge in [0, 0.05) is 18.3 Å². The Kier molecular flexibility index (Phi) is 4.24. The monoisotopic (exact) mass is 330 g/mol. The highest BCUT2D eigenvalue weighted by Crippen LogP contribution is 2.29. The van der Waals surface area contributed by atoms with Gasteiger partial charge in [-0.05, 0) is 24.3 Å². The first-order valence-electron chi connectivity index (χ1n) is 6.91. The number of phenols is 1. The Hall–Kier alpha value is -3.22. The molecule has 0 spiro atoms. The molecule has 0 fully saturated rings. The number of aromatic nitrogens is 2. The van der Waals surface area contributed by atoms with Gasteiger partial charge in [-0.3, -0.25) is 0 Å². The third-order valence-corrected chi connectivity index (χ3v) is 3.19. The van der Waals surface area contributed by atoms with Gasteiger partial charge in [-0.2, -0.15) is 4.98 Å².